The summed E-state index contributed by atoms with van der Waals surface area (Å²) < 4.78 is 0. The van der Waals surface area contributed by atoms with Crippen molar-refractivity contribution >= 4 is 17.2 Å². The molecule has 0 radical (unpaired) electrons. The molecule has 2 saturated carbocycles. The van der Waals surface area contributed by atoms with E-state index in [4.69, 9.17) is 0 Å². The summed E-state index contributed by atoms with van der Waals surface area (Å²) in [5.41, 5.74) is 1.77. The van der Waals surface area contributed by atoms with Gasteiger partial charge in [-0.15, -0.1) is 11.3 Å². The summed E-state index contributed by atoms with van der Waals surface area (Å²) >= 11 is 1.57. The molecule has 0 N–H and O–H groups in total. The van der Waals surface area contributed by atoms with Crippen LogP contribution in [0.4, 0.5) is 0 Å². The van der Waals surface area contributed by atoms with E-state index in [0.717, 1.165) is 22.3 Å². The molecule has 2 fully saturated rings. The van der Waals surface area contributed by atoms with E-state index in [9.17, 15) is 4.79 Å². The Kier molecular flexibility index (Phi) is 5.34. The smallest absolute Gasteiger partial charge is 0.229 e. The lowest BCUT2D eigenvalue weighted by Gasteiger charge is -2.37. The second kappa shape index (κ2) is 7.87. The molecule has 2 aromatic heterocycles. The molecule has 2 aromatic rings. The molecule has 0 bridgehead atoms. The Bertz CT molecular complexity index is 733. The van der Waals surface area contributed by atoms with Crippen molar-refractivity contribution in [3.63, 3.8) is 0 Å². The standard InChI is InChI=1S/C21H27N3OS/c1-2-15-6-8-17(9-7-15)24(18-10-11-18)20(25)13-16-14-26-21(23-16)19-5-3-4-12-22-19/h3-5,12,14-15,17-18H,2,6-11,13H2,1H3. The molecule has 0 saturated heterocycles. The zero-order valence-corrected chi connectivity index (χ0v) is 16.3. The monoisotopic (exact) mass is 369 g/mol. The first-order valence-corrected chi connectivity index (χ1v) is 10.8. The number of amides is 1. The van der Waals surface area contributed by atoms with Gasteiger partial charge in [0.1, 0.15) is 5.01 Å². The van der Waals surface area contributed by atoms with Crippen molar-refractivity contribution in [2.75, 3.05) is 0 Å². The molecule has 2 aliphatic rings. The number of pyridine rings is 1. The minimum Gasteiger partial charge on any atom is -0.336 e. The average molecular weight is 370 g/mol. The third kappa shape index (κ3) is 3.98. The van der Waals surface area contributed by atoms with Crippen molar-refractivity contribution in [2.24, 2.45) is 5.92 Å². The van der Waals surface area contributed by atoms with Crippen molar-refractivity contribution in [3.05, 3.63) is 35.5 Å². The Morgan fingerprint density at radius 1 is 1.15 bits per heavy atom. The highest BCUT2D eigenvalue weighted by Gasteiger charge is 2.38. The summed E-state index contributed by atoms with van der Waals surface area (Å²) in [6, 6.07) is 6.78. The average Bonchev–Trinajstić information content (AvgIpc) is 3.40. The van der Waals surface area contributed by atoms with E-state index >= 15 is 0 Å². The summed E-state index contributed by atoms with van der Waals surface area (Å²) in [7, 11) is 0. The highest BCUT2D eigenvalue weighted by Crippen LogP contribution is 2.36. The third-order valence-corrected chi connectivity index (χ3v) is 6.70. The Balaban J connectivity index is 1.42. The summed E-state index contributed by atoms with van der Waals surface area (Å²) in [5, 5.41) is 2.91. The van der Waals surface area contributed by atoms with Crippen LogP contribution in [-0.4, -0.2) is 32.9 Å². The number of carbonyl (C=O) groups excluding carboxylic acids is 1. The first-order valence-electron chi connectivity index (χ1n) is 9.91. The number of nitrogens with zero attached hydrogens (tertiary/aromatic N) is 3. The van der Waals surface area contributed by atoms with Crippen molar-refractivity contribution < 1.29 is 4.79 Å². The van der Waals surface area contributed by atoms with Gasteiger partial charge in [0.2, 0.25) is 5.91 Å². The molecule has 5 heteroatoms. The Morgan fingerprint density at radius 2 is 1.88 bits per heavy atom. The van der Waals surface area contributed by atoms with Gasteiger partial charge < -0.3 is 4.90 Å². The zero-order valence-electron chi connectivity index (χ0n) is 15.4. The quantitative estimate of drug-likeness (QED) is 0.741. The predicted octanol–water partition coefficient (Wildman–Crippen LogP) is 4.71. The minimum atomic E-state index is 0.269. The highest BCUT2D eigenvalue weighted by atomic mass is 32.1. The number of hydrogen-bond donors (Lipinski definition) is 0. The number of carbonyl (C=O) groups is 1. The largest absolute Gasteiger partial charge is 0.336 e. The fourth-order valence-electron chi connectivity index (χ4n) is 4.13. The Morgan fingerprint density at radius 3 is 2.50 bits per heavy atom. The maximum absolute atomic E-state index is 13.1. The van der Waals surface area contributed by atoms with E-state index in [0.29, 0.717) is 18.5 Å². The second-order valence-electron chi connectivity index (χ2n) is 7.65. The van der Waals surface area contributed by atoms with Gasteiger partial charge in [0, 0.05) is 23.7 Å². The van der Waals surface area contributed by atoms with Gasteiger partial charge in [0.15, 0.2) is 0 Å². The summed E-state index contributed by atoms with van der Waals surface area (Å²) in [5.74, 6) is 1.13. The van der Waals surface area contributed by atoms with E-state index in [-0.39, 0.29) is 5.91 Å². The molecule has 26 heavy (non-hydrogen) atoms. The fraction of sp³-hybridized carbons (Fsp3) is 0.571. The summed E-state index contributed by atoms with van der Waals surface area (Å²) in [6.45, 7) is 2.29. The molecule has 0 unspecified atom stereocenters. The number of hydrogen-bond acceptors (Lipinski definition) is 4. The highest BCUT2D eigenvalue weighted by molar-refractivity contribution is 7.13. The lowest BCUT2D eigenvalue weighted by molar-refractivity contribution is -0.134. The van der Waals surface area contributed by atoms with Crippen LogP contribution in [0.1, 0.15) is 57.6 Å². The normalized spacial score (nSPS) is 23.0. The molecule has 4 nitrogen and oxygen atoms in total. The van der Waals surface area contributed by atoms with Gasteiger partial charge in [-0.05, 0) is 56.6 Å². The molecular weight excluding hydrogens is 342 g/mol. The van der Waals surface area contributed by atoms with Crippen LogP contribution in [0.2, 0.25) is 0 Å². The van der Waals surface area contributed by atoms with Crippen molar-refractivity contribution in [2.45, 2.75) is 70.4 Å². The van der Waals surface area contributed by atoms with Crippen molar-refractivity contribution in [1.82, 2.24) is 14.9 Å². The zero-order chi connectivity index (χ0) is 17.9. The first-order chi connectivity index (χ1) is 12.7. The Hall–Kier alpha value is -1.75. The van der Waals surface area contributed by atoms with E-state index in [1.165, 1.54) is 44.9 Å². The second-order valence-corrected chi connectivity index (χ2v) is 8.51. The van der Waals surface area contributed by atoms with Gasteiger partial charge >= 0.3 is 0 Å². The first kappa shape index (κ1) is 17.7. The van der Waals surface area contributed by atoms with Crippen LogP contribution < -0.4 is 0 Å². The molecule has 138 valence electrons. The van der Waals surface area contributed by atoms with Crippen LogP contribution >= 0.6 is 11.3 Å². The maximum Gasteiger partial charge on any atom is 0.229 e. The molecule has 2 aliphatic carbocycles. The van der Waals surface area contributed by atoms with Gasteiger partial charge in [0.25, 0.3) is 0 Å². The third-order valence-electron chi connectivity index (χ3n) is 5.78. The lowest BCUT2D eigenvalue weighted by Crippen LogP contribution is -2.44. The molecule has 4 rings (SSSR count). The molecule has 0 aromatic carbocycles. The number of aromatic nitrogens is 2. The van der Waals surface area contributed by atoms with Gasteiger partial charge in [0.05, 0.1) is 17.8 Å². The van der Waals surface area contributed by atoms with Crippen LogP contribution in [0.25, 0.3) is 10.7 Å². The predicted molar refractivity (Wildman–Crippen MR) is 105 cm³/mol. The van der Waals surface area contributed by atoms with Gasteiger partial charge in [-0.25, -0.2) is 4.98 Å². The molecule has 0 atom stereocenters. The van der Waals surface area contributed by atoms with Crippen LogP contribution in [0.3, 0.4) is 0 Å². The summed E-state index contributed by atoms with van der Waals surface area (Å²) in [4.78, 5) is 24.3. The van der Waals surface area contributed by atoms with E-state index in [1.54, 1.807) is 17.5 Å². The van der Waals surface area contributed by atoms with Crippen molar-refractivity contribution in [3.8, 4) is 10.7 Å². The van der Waals surface area contributed by atoms with Crippen LogP contribution in [0.5, 0.6) is 0 Å². The molecule has 0 aliphatic heterocycles. The van der Waals surface area contributed by atoms with Crippen molar-refractivity contribution in [1.29, 1.82) is 0 Å². The van der Waals surface area contributed by atoms with Gasteiger partial charge in [-0.3, -0.25) is 9.78 Å². The number of thiazole rings is 1. The Labute approximate surface area is 159 Å². The van der Waals surface area contributed by atoms with Gasteiger partial charge in [-0.2, -0.15) is 0 Å². The van der Waals surface area contributed by atoms with Crippen LogP contribution in [0.15, 0.2) is 29.8 Å². The molecular formula is C21H27N3OS. The molecule has 0 spiro atoms. The lowest BCUT2D eigenvalue weighted by atomic mass is 9.83. The van der Waals surface area contributed by atoms with E-state index in [1.807, 2.05) is 23.6 Å². The SMILES string of the molecule is CCC1CCC(N(C(=O)Cc2csc(-c3ccccn3)n2)C2CC2)CC1. The molecule has 2 heterocycles. The van der Waals surface area contributed by atoms with Crippen LogP contribution in [0, 0.1) is 5.92 Å². The van der Waals surface area contributed by atoms with Gasteiger partial charge in [-0.1, -0.05) is 19.4 Å². The molecule has 1 amide bonds. The summed E-state index contributed by atoms with van der Waals surface area (Å²) in [6.07, 6.45) is 10.7. The topological polar surface area (TPSA) is 46.1 Å². The maximum atomic E-state index is 13.1. The van der Waals surface area contributed by atoms with E-state index in [2.05, 4.69) is 21.8 Å². The number of rotatable bonds is 6. The minimum absolute atomic E-state index is 0.269. The van der Waals surface area contributed by atoms with Crippen LogP contribution in [-0.2, 0) is 11.2 Å². The fourth-order valence-corrected chi connectivity index (χ4v) is 4.93. The van der Waals surface area contributed by atoms with E-state index < -0.39 is 0 Å².